The molecule has 0 aliphatic heterocycles. The van der Waals surface area contributed by atoms with Gasteiger partial charge in [0.2, 0.25) is 5.91 Å². The van der Waals surface area contributed by atoms with Gasteiger partial charge in [-0.1, -0.05) is 12.1 Å². The first kappa shape index (κ1) is 18.0. The van der Waals surface area contributed by atoms with E-state index < -0.39 is 0 Å². The Morgan fingerprint density at radius 3 is 2.70 bits per heavy atom. The number of nitrogens with one attached hydrogen (secondary N) is 2. The van der Waals surface area contributed by atoms with Crippen molar-refractivity contribution in [3.05, 3.63) is 57.0 Å². The molecule has 6 nitrogen and oxygen atoms in total. The summed E-state index contributed by atoms with van der Waals surface area (Å²) in [6.45, 7) is 1.96. The molecule has 4 rings (SSSR count). The molecular formula is C20H21BrN4O2. The predicted octanol–water partition coefficient (Wildman–Crippen LogP) is 4.17. The molecule has 7 heteroatoms. The highest BCUT2D eigenvalue weighted by Crippen LogP contribution is 2.34. The van der Waals surface area contributed by atoms with Crippen molar-refractivity contribution in [2.75, 3.05) is 5.32 Å². The number of pyridine rings is 1. The van der Waals surface area contributed by atoms with Crippen LogP contribution >= 0.6 is 15.9 Å². The monoisotopic (exact) mass is 428 g/mol. The van der Waals surface area contributed by atoms with Crippen LogP contribution in [0.15, 0.2) is 45.8 Å². The zero-order valence-corrected chi connectivity index (χ0v) is 16.6. The summed E-state index contributed by atoms with van der Waals surface area (Å²) in [4.78, 5) is 32.2. The van der Waals surface area contributed by atoms with Crippen LogP contribution in [-0.2, 0) is 4.79 Å². The maximum absolute atomic E-state index is 12.5. The number of anilines is 1. The smallest absolute Gasteiger partial charge is 0.310 e. The fraction of sp³-hybridized carbons (Fsp3) is 0.350. The second-order valence-corrected chi connectivity index (χ2v) is 8.00. The highest BCUT2D eigenvalue weighted by Gasteiger charge is 2.29. The molecule has 2 N–H and O–H groups in total. The van der Waals surface area contributed by atoms with Crippen LogP contribution < -0.4 is 11.0 Å². The predicted molar refractivity (Wildman–Crippen MR) is 109 cm³/mol. The van der Waals surface area contributed by atoms with Crippen LogP contribution in [0.3, 0.4) is 0 Å². The lowest BCUT2D eigenvalue weighted by molar-refractivity contribution is -0.121. The Kier molecular flexibility index (Phi) is 4.86. The zero-order valence-electron chi connectivity index (χ0n) is 15.0. The number of hydrogen-bond donors (Lipinski definition) is 2. The summed E-state index contributed by atoms with van der Waals surface area (Å²) < 4.78 is 2.73. The first-order valence-electron chi connectivity index (χ1n) is 9.15. The van der Waals surface area contributed by atoms with Crippen LogP contribution in [0.4, 0.5) is 5.82 Å². The third kappa shape index (κ3) is 3.56. The Hall–Kier alpha value is -2.41. The minimum Gasteiger partial charge on any atom is -0.310 e. The molecule has 140 valence electrons. The van der Waals surface area contributed by atoms with Gasteiger partial charge in [0, 0.05) is 22.6 Å². The van der Waals surface area contributed by atoms with Crippen LogP contribution in [0.25, 0.3) is 11.0 Å². The van der Waals surface area contributed by atoms with Gasteiger partial charge in [0.1, 0.15) is 5.82 Å². The standard InChI is InChI=1S/C20H21BrN4O2/c1-12-5-10-17(22-11-12)23-19(26)13-6-8-14(9-7-13)25-16-4-2-3-15(21)18(16)24-20(25)27/h2-5,10-11,13-14H,6-9H2,1H3,(H,24,27)(H,22,23,26). The molecule has 2 aromatic heterocycles. The minimum atomic E-state index is -0.0892. The van der Waals surface area contributed by atoms with Crippen LogP contribution in [-0.4, -0.2) is 20.4 Å². The van der Waals surface area contributed by atoms with E-state index in [2.05, 4.69) is 31.2 Å². The number of aromatic amines is 1. The molecule has 0 unspecified atom stereocenters. The maximum Gasteiger partial charge on any atom is 0.326 e. The molecule has 27 heavy (non-hydrogen) atoms. The van der Waals surface area contributed by atoms with Crippen molar-refractivity contribution < 1.29 is 4.79 Å². The lowest BCUT2D eigenvalue weighted by Crippen LogP contribution is -2.31. The molecule has 1 aromatic carbocycles. The number of amides is 1. The fourth-order valence-electron chi connectivity index (χ4n) is 3.84. The molecular weight excluding hydrogens is 408 g/mol. The van der Waals surface area contributed by atoms with Gasteiger partial charge in [0.05, 0.1) is 11.0 Å². The lowest BCUT2D eigenvalue weighted by atomic mass is 9.85. The maximum atomic E-state index is 12.5. The number of fused-ring (bicyclic) bond motifs is 1. The summed E-state index contributed by atoms with van der Waals surface area (Å²) in [6, 6.07) is 9.68. The third-order valence-electron chi connectivity index (χ3n) is 5.30. The van der Waals surface area contributed by atoms with Crippen LogP contribution in [0.2, 0.25) is 0 Å². The van der Waals surface area contributed by atoms with Gasteiger partial charge < -0.3 is 10.3 Å². The molecule has 2 heterocycles. The van der Waals surface area contributed by atoms with E-state index in [0.29, 0.717) is 5.82 Å². The van der Waals surface area contributed by atoms with E-state index in [1.165, 1.54) is 0 Å². The van der Waals surface area contributed by atoms with E-state index in [4.69, 9.17) is 0 Å². The number of H-pyrrole nitrogens is 1. The number of carbonyl (C=O) groups is 1. The van der Waals surface area contributed by atoms with E-state index in [1.807, 2.05) is 41.8 Å². The average molecular weight is 429 g/mol. The third-order valence-corrected chi connectivity index (χ3v) is 5.96. The molecule has 0 atom stereocenters. The van der Waals surface area contributed by atoms with Gasteiger partial charge in [0.25, 0.3) is 0 Å². The second-order valence-electron chi connectivity index (χ2n) is 7.15. The van der Waals surface area contributed by atoms with E-state index in [1.54, 1.807) is 6.20 Å². The van der Waals surface area contributed by atoms with Crippen LogP contribution in [0, 0.1) is 12.8 Å². The Balaban J connectivity index is 1.45. The summed E-state index contributed by atoms with van der Waals surface area (Å²) >= 11 is 3.49. The van der Waals surface area contributed by atoms with Gasteiger partial charge in [-0.25, -0.2) is 9.78 Å². The number of aryl methyl sites for hydroxylation is 1. The molecule has 1 aliphatic rings. The van der Waals surface area contributed by atoms with Gasteiger partial charge >= 0.3 is 5.69 Å². The van der Waals surface area contributed by atoms with Gasteiger partial charge in [-0.2, -0.15) is 0 Å². The van der Waals surface area contributed by atoms with Crippen molar-refractivity contribution in [3.8, 4) is 0 Å². The fourth-order valence-corrected chi connectivity index (χ4v) is 4.30. The largest absolute Gasteiger partial charge is 0.326 e. The van der Waals surface area contributed by atoms with Crippen LogP contribution in [0.5, 0.6) is 0 Å². The highest BCUT2D eigenvalue weighted by molar-refractivity contribution is 9.10. The number of rotatable bonds is 3. The van der Waals surface area contributed by atoms with Crippen molar-refractivity contribution >= 4 is 38.7 Å². The second kappa shape index (κ2) is 7.31. The average Bonchev–Trinajstić information content (AvgIpc) is 3.01. The quantitative estimate of drug-likeness (QED) is 0.656. The Morgan fingerprint density at radius 2 is 2.00 bits per heavy atom. The van der Waals surface area contributed by atoms with Crippen molar-refractivity contribution in [1.29, 1.82) is 0 Å². The molecule has 1 aliphatic carbocycles. The molecule has 0 radical (unpaired) electrons. The summed E-state index contributed by atoms with van der Waals surface area (Å²) in [6.07, 6.45) is 4.87. The van der Waals surface area contributed by atoms with Crippen molar-refractivity contribution in [2.24, 2.45) is 5.92 Å². The van der Waals surface area contributed by atoms with Crippen molar-refractivity contribution in [1.82, 2.24) is 14.5 Å². The number of aromatic nitrogens is 3. The lowest BCUT2D eigenvalue weighted by Gasteiger charge is -2.28. The molecule has 3 aromatic rings. The van der Waals surface area contributed by atoms with Crippen molar-refractivity contribution in [2.45, 2.75) is 38.6 Å². The number of hydrogen-bond acceptors (Lipinski definition) is 3. The topological polar surface area (TPSA) is 79.8 Å². The number of nitrogens with zero attached hydrogens (tertiary/aromatic N) is 2. The minimum absolute atomic E-state index is 0.0128. The SMILES string of the molecule is Cc1ccc(NC(=O)C2CCC(n3c(=O)[nH]c4c(Br)cccc43)CC2)nc1. The van der Waals surface area contributed by atoms with E-state index in [-0.39, 0.29) is 23.6 Å². The number of para-hydroxylation sites is 1. The van der Waals surface area contributed by atoms with Crippen LogP contribution in [0.1, 0.15) is 37.3 Å². The molecule has 1 saturated carbocycles. The Bertz CT molecular complexity index is 1030. The highest BCUT2D eigenvalue weighted by atomic mass is 79.9. The summed E-state index contributed by atoms with van der Waals surface area (Å²) in [5.74, 6) is 0.557. The number of halogens is 1. The van der Waals surface area contributed by atoms with Gasteiger partial charge in [-0.05, 0) is 72.3 Å². The molecule has 0 spiro atoms. The van der Waals surface area contributed by atoms with Gasteiger partial charge in [-0.15, -0.1) is 0 Å². The van der Waals surface area contributed by atoms with E-state index in [0.717, 1.165) is 46.8 Å². The molecule has 0 bridgehead atoms. The number of benzene rings is 1. The van der Waals surface area contributed by atoms with E-state index >= 15 is 0 Å². The first-order chi connectivity index (χ1) is 13.0. The number of carbonyl (C=O) groups excluding carboxylic acids is 1. The molecule has 0 saturated heterocycles. The molecule has 1 amide bonds. The summed E-state index contributed by atoms with van der Waals surface area (Å²) in [5, 5.41) is 2.91. The van der Waals surface area contributed by atoms with Gasteiger partial charge in [-0.3, -0.25) is 9.36 Å². The Labute approximate surface area is 165 Å². The Morgan fingerprint density at radius 1 is 1.22 bits per heavy atom. The zero-order chi connectivity index (χ0) is 19.0. The number of imidazole rings is 1. The molecule has 1 fully saturated rings. The normalized spacial score (nSPS) is 19.9. The first-order valence-corrected chi connectivity index (χ1v) is 9.94. The summed E-state index contributed by atoms with van der Waals surface area (Å²) in [5.41, 5.74) is 2.71. The van der Waals surface area contributed by atoms with Gasteiger partial charge in [0.15, 0.2) is 0 Å². The van der Waals surface area contributed by atoms with E-state index in [9.17, 15) is 9.59 Å². The summed E-state index contributed by atoms with van der Waals surface area (Å²) in [7, 11) is 0. The van der Waals surface area contributed by atoms with Crippen molar-refractivity contribution in [3.63, 3.8) is 0 Å².